The molecule has 188 valence electrons. The molecule has 2 aliphatic rings. The molecule has 6 rings (SSSR count). The van der Waals surface area contributed by atoms with Crippen molar-refractivity contribution in [3.05, 3.63) is 95.6 Å². The molecule has 1 fully saturated rings. The fourth-order valence-electron chi connectivity index (χ4n) is 6.06. The molecule has 1 aliphatic carbocycles. The number of fused-ring (bicyclic) bond motifs is 3. The molecule has 1 aliphatic heterocycles. The summed E-state index contributed by atoms with van der Waals surface area (Å²) in [6.07, 6.45) is 4.61. The first-order chi connectivity index (χ1) is 18.0. The first-order valence-corrected chi connectivity index (χ1v) is 12.7. The minimum Gasteiger partial charge on any atom is -0.368 e. The van der Waals surface area contributed by atoms with Crippen LogP contribution >= 0.6 is 0 Å². The van der Waals surface area contributed by atoms with Crippen molar-refractivity contribution in [2.45, 2.75) is 43.9 Å². The third kappa shape index (κ3) is 4.17. The van der Waals surface area contributed by atoms with Crippen LogP contribution in [0.1, 0.15) is 53.0 Å². The first-order valence-electron chi connectivity index (χ1n) is 12.7. The van der Waals surface area contributed by atoms with Gasteiger partial charge in [0.2, 0.25) is 5.91 Å². The predicted octanol–water partition coefficient (Wildman–Crippen LogP) is 3.91. The van der Waals surface area contributed by atoms with E-state index in [0.29, 0.717) is 25.3 Å². The highest BCUT2D eigenvalue weighted by molar-refractivity contribution is 5.97. The Bertz CT molecular complexity index is 1440. The Morgan fingerprint density at radius 1 is 1.08 bits per heavy atom. The maximum atomic E-state index is 13.4. The molecule has 4 aromatic rings. The van der Waals surface area contributed by atoms with E-state index >= 15 is 0 Å². The number of nitrogens with one attached hydrogen (secondary N) is 2. The van der Waals surface area contributed by atoms with Gasteiger partial charge in [-0.15, -0.1) is 0 Å². The second-order valence-corrected chi connectivity index (χ2v) is 9.90. The molecular formula is C29H29N5O3. The predicted molar refractivity (Wildman–Crippen MR) is 139 cm³/mol. The number of piperidine rings is 1. The van der Waals surface area contributed by atoms with Gasteiger partial charge in [-0.1, -0.05) is 30.3 Å². The SMILES string of the molecule is CC(=O)N[C@@H]1c2ccccc2C2(CCN(C(=O)c3ccc4nc[nH]c4c3)CC2)[C@H]1OCc1ccccn1. The normalized spacial score (nSPS) is 20.2. The van der Waals surface area contributed by atoms with Crippen LogP contribution in [0.4, 0.5) is 0 Å². The molecular weight excluding hydrogens is 466 g/mol. The molecule has 37 heavy (non-hydrogen) atoms. The van der Waals surface area contributed by atoms with Crippen molar-refractivity contribution in [1.82, 2.24) is 25.2 Å². The van der Waals surface area contributed by atoms with Crippen molar-refractivity contribution < 1.29 is 14.3 Å². The lowest BCUT2D eigenvalue weighted by Crippen LogP contribution is -2.51. The van der Waals surface area contributed by atoms with E-state index in [-0.39, 0.29) is 29.4 Å². The number of amides is 2. The van der Waals surface area contributed by atoms with Crippen LogP contribution in [0.5, 0.6) is 0 Å². The number of aromatic nitrogens is 3. The Hall–Kier alpha value is -4.04. The Balaban J connectivity index is 1.28. The van der Waals surface area contributed by atoms with Crippen molar-refractivity contribution >= 4 is 22.8 Å². The minimum absolute atomic E-state index is 0.0157. The van der Waals surface area contributed by atoms with E-state index in [1.807, 2.05) is 53.4 Å². The second kappa shape index (κ2) is 9.44. The van der Waals surface area contributed by atoms with Gasteiger partial charge in [0, 0.05) is 37.2 Å². The molecule has 8 heteroatoms. The molecule has 2 aromatic heterocycles. The van der Waals surface area contributed by atoms with Crippen molar-refractivity contribution in [3.63, 3.8) is 0 Å². The third-order valence-electron chi connectivity index (χ3n) is 7.79. The quantitative estimate of drug-likeness (QED) is 0.437. The van der Waals surface area contributed by atoms with Gasteiger partial charge in [0.15, 0.2) is 0 Å². The summed E-state index contributed by atoms with van der Waals surface area (Å²) in [7, 11) is 0. The maximum absolute atomic E-state index is 13.4. The standard InChI is InChI=1S/C29H29N5O3/c1-19(35)33-26-22-7-2-3-8-23(22)29(27(26)37-17-21-6-4-5-13-30-21)11-14-34(15-12-29)28(36)20-9-10-24-25(16-20)32-18-31-24/h2-10,13,16,18,26-27H,11-12,14-15,17H2,1H3,(H,31,32)(H,33,35)/t26-,27+/m1/s1. The molecule has 2 atom stereocenters. The summed E-state index contributed by atoms with van der Waals surface area (Å²) in [5.74, 6) is -0.0768. The molecule has 2 amide bonds. The van der Waals surface area contributed by atoms with Crippen LogP contribution in [0.25, 0.3) is 11.0 Å². The van der Waals surface area contributed by atoms with Crippen LogP contribution in [0.15, 0.2) is 73.2 Å². The zero-order chi connectivity index (χ0) is 25.4. The zero-order valence-corrected chi connectivity index (χ0v) is 20.7. The van der Waals surface area contributed by atoms with Crippen LogP contribution in [0, 0.1) is 0 Å². The number of aromatic amines is 1. The second-order valence-electron chi connectivity index (χ2n) is 9.90. The molecule has 8 nitrogen and oxygen atoms in total. The number of nitrogens with zero attached hydrogens (tertiary/aromatic N) is 3. The molecule has 3 heterocycles. The Morgan fingerprint density at radius 3 is 2.68 bits per heavy atom. The van der Waals surface area contributed by atoms with E-state index in [4.69, 9.17) is 4.74 Å². The van der Waals surface area contributed by atoms with Crippen LogP contribution in [-0.4, -0.2) is 50.9 Å². The molecule has 2 aromatic carbocycles. The smallest absolute Gasteiger partial charge is 0.253 e. The largest absolute Gasteiger partial charge is 0.368 e. The number of benzene rings is 2. The molecule has 0 saturated carbocycles. The van der Waals surface area contributed by atoms with Gasteiger partial charge in [-0.25, -0.2) is 4.98 Å². The van der Waals surface area contributed by atoms with Gasteiger partial charge in [0.25, 0.3) is 5.91 Å². The average Bonchev–Trinajstić information content (AvgIpc) is 3.49. The number of H-pyrrole nitrogens is 1. The number of imidazole rings is 1. The summed E-state index contributed by atoms with van der Waals surface area (Å²) in [5, 5.41) is 3.16. The van der Waals surface area contributed by atoms with Crippen molar-refractivity contribution in [1.29, 1.82) is 0 Å². The van der Waals surface area contributed by atoms with Gasteiger partial charge >= 0.3 is 0 Å². The van der Waals surface area contributed by atoms with Gasteiger partial charge in [-0.3, -0.25) is 14.6 Å². The van der Waals surface area contributed by atoms with Gasteiger partial charge in [0.1, 0.15) is 0 Å². The summed E-state index contributed by atoms with van der Waals surface area (Å²) < 4.78 is 6.61. The van der Waals surface area contributed by atoms with E-state index < -0.39 is 0 Å². The number of rotatable bonds is 5. The molecule has 0 bridgehead atoms. The Kier molecular flexibility index (Phi) is 5.96. The van der Waals surface area contributed by atoms with E-state index in [1.54, 1.807) is 19.4 Å². The molecule has 0 radical (unpaired) electrons. The highest BCUT2D eigenvalue weighted by Crippen LogP contribution is 2.52. The number of hydrogen-bond acceptors (Lipinski definition) is 5. The zero-order valence-electron chi connectivity index (χ0n) is 20.7. The monoisotopic (exact) mass is 495 g/mol. The van der Waals surface area contributed by atoms with Crippen LogP contribution in [0.2, 0.25) is 0 Å². The summed E-state index contributed by atoms with van der Waals surface area (Å²) in [6.45, 7) is 3.10. The minimum atomic E-state index is -0.317. The summed E-state index contributed by atoms with van der Waals surface area (Å²) in [4.78, 5) is 39.3. The lowest BCUT2D eigenvalue weighted by atomic mass is 9.71. The number of ether oxygens (including phenoxy) is 1. The molecule has 2 N–H and O–H groups in total. The number of carbonyl (C=O) groups is 2. The van der Waals surface area contributed by atoms with Crippen LogP contribution < -0.4 is 5.32 Å². The Morgan fingerprint density at radius 2 is 1.89 bits per heavy atom. The lowest BCUT2D eigenvalue weighted by molar-refractivity contribution is -0.122. The molecule has 1 saturated heterocycles. The summed E-state index contributed by atoms with van der Waals surface area (Å²) >= 11 is 0. The third-order valence-corrected chi connectivity index (χ3v) is 7.79. The topological polar surface area (TPSA) is 100 Å². The average molecular weight is 496 g/mol. The summed E-state index contributed by atoms with van der Waals surface area (Å²) in [5.41, 5.74) is 5.16. The van der Waals surface area contributed by atoms with E-state index in [1.165, 1.54) is 5.56 Å². The number of carbonyl (C=O) groups excluding carboxylic acids is 2. The molecule has 1 spiro atoms. The molecule has 0 unspecified atom stereocenters. The summed E-state index contributed by atoms with van der Waals surface area (Å²) in [6, 6.07) is 19.4. The van der Waals surface area contributed by atoms with Crippen LogP contribution in [0.3, 0.4) is 0 Å². The fraction of sp³-hybridized carbons (Fsp3) is 0.310. The lowest BCUT2D eigenvalue weighted by Gasteiger charge is -2.44. The first kappa shape index (κ1) is 23.4. The van der Waals surface area contributed by atoms with E-state index in [9.17, 15) is 9.59 Å². The maximum Gasteiger partial charge on any atom is 0.253 e. The van der Waals surface area contributed by atoms with Gasteiger partial charge in [-0.2, -0.15) is 0 Å². The van der Waals surface area contributed by atoms with E-state index in [2.05, 4.69) is 32.4 Å². The van der Waals surface area contributed by atoms with E-state index in [0.717, 1.165) is 35.1 Å². The highest BCUT2D eigenvalue weighted by Gasteiger charge is 2.54. The van der Waals surface area contributed by atoms with Crippen molar-refractivity contribution in [2.24, 2.45) is 0 Å². The number of pyridine rings is 1. The van der Waals surface area contributed by atoms with Crippen molar-refractivity contribution in [3.8, 4) is 0 Å². The van der Waals surface area contributed by atoms with Crippen LogP contribution in [-0.2, 0) is 21.6 Å². The van der Waals surface area contributed by atoms with Gasteiger partial charge in [0.05, 0.1) is 41.8 Å². The fourth-order valence-corrected chi connectivity index (χ4v) is 6.06. The number of hydrogen-bond donors (Lipinski definition) is 2. The number of likely N-dealkylation sites (tertiary alicyclic amines) is 1. The highest BCUT2D eigenvalue weighted by atomic mass is 16.5. The van der Waals surface area contributed by atoms with Gasteiger partial charge in [-0.05, 0) is 54.3 Å². The van der Waals surface area contributed by atoms with Crippen molar-refractivity contribution in [2.75, 3.05) is 13.1 Å². The Labute approximate surface area is 215 Å². The van der Waals surface area contributed by atoms with Gasteiger partial charge < -0.3 is 19.9 Å².